The predicted molar refractivity (Wildman–Crippen MR) is 78.7 cm³/mol. The fourth-order valence-electron chi connectivity index (χ4n) is 1.91. The van der Waals surface area contributed by atoms with Gasteiger partial charge in [-0.2, -0.15) is 0 Å². The molecule has 0 aliphatic heterocycles. The molecule has 0 fully saturated rings. The van der Waals surface area contributed by atoms with Crippen molar-refractivity contribution >= 4 is 17.5 Å². The van der Waals surface area contributed by atoms with Crippen LogP contribution in [0.3, 0.4) is 0 Å². The van der Waals surface area contributed by atoms with E-state index in [1.54, 1.807) is 12.1 Å². The van der Waals surface area contributed by atoms with Crippen molar-refractivity contribution in [2.75, 3.05) is 26.2 Å². The van der Waals surface area contributed by atoms with Gasteiger partial charge < -0.3 is 10.2 Å². The first kappa shape index (κ1) is 15.9. The zero-order valence-electron chi connectivity index (χ0n) is 11.9. The molecule has 0 spiro atoms. The average molecular weight is 284 g/mol. The van der Waals surface area contributed by atoms with Crippen LogP contribution in [0.25, 0.3) is 0 Å². The molecule has 0 aliphatic rings. The minimum atomic E-state index is -0.0908. The van der Waals surface area contributed by atoms with Gasteiger partial charge in [-0.3, -0.25) is 4.79 Å². The maximum absolute atomic E-state index is 11.9. The number of hydrogen-bond acceptors (Lipinski definition) is 3. The fraction of sp³-hybridized carbons (Fsp3) is 0.571. The quantitative estimate of drug-likeness (QED) is 0.618. The van der Waals surface area contributed by atoms with Crippen LogP contribution >= 0.6 is 11.6 Å². The zero-order valence-corrected chi connectivity index (χ0v) is 12.6. The predicted octanol–water partition coefficient (Wildman–Crippen LogP) is 2.51. The normalized spacial score (nSPS) is 10.8. The lowest BCUT2D eigenvalue weighted by atomic mass is 10.2. The number of halogens is 1. The van der Waals surface area contributed by atoms with E-state index in [4.69, 9.17) is 11.6 Å². The van der Waals surface area contributed by atoms with Crippen LogP contribution in [0.5, 0.6) is 0 Å². The Bertz CT molecular complexity index is 399. The van der Waals surface area contributed by atoms with Gasteiger partial charge >= 0.3 is 0 Å². The maximum atomic E-state index is 11.9. The number of hydrogen-bond donors (Lipinski definition) is 1. The number of aryl methyl sites for hydroxylation is 1. The number of aromatic nitrogens is 1. The summed E-state index contributed by atoms with van der Waals surface area (Å²) in [5, 5.41) is 3.26. The van der Waals surface area contributed by atoms with E-state index in [1.807, 2.05) is 6.92 Å². The topological polar surface area (TPSA) is 45.2 Å². The van der Waals surface area contributed by atoms with Crippen molar-refractivity contribution in [2.24, 2.45) is 0 Å². The lowest BCUT2D eigenvalue weighted by Crippen LogP contribution is -2.30. The van der Waals surface area contributed by atoms with Gasteiger partial charge in [0.05, 0.1) is 0 Å². The van der Waals surface area contributed by atoms with Crippen LogP contribution in [0.1, 0.15) is 36.3 Å². The molecule has 1 rings (SSSR count). The largest absolute Gasteiger partial charge is 0.352 e. The Morgan fingerprint density at radius 1 is 1.37 bits per heavy atom. The number of nitrogens with one attached hydrogen (secondary N) is 1. The Kier molecular flexibility index (Phi) is 6.81. The fourth-order valence-corrected chi connectivity index (χ4v) is 2.16. The molecule has 0 atom stereocenters. The highest BCUT2D eigenvalue weighted by molar-refractivity contribution is 6.29. The Morgan fingerprint density at radius 3 is 2.63 bits per heavy atom. The van der Waals surface area contributed by atoms with E-state index in [2.05, 4.69) is 29.0 Å². The van der Waals surface area contributed by atoms with Crippen molar-refractivity contribution < 1.29 is 4.79 Å². The highest BCUT2D eigenvalue weighted by atomic mass is 35.5. The monoisotopic (exact) mass is 283 g/mol. The van der Waals surface area contributed by atoms with Gasteiger partial charge in [-0.15, -0.1) is 0 Å². The van der Waals surface area contributed by atoms with Crippen LogP contribution < -0.4 is 5.32 Å². The standard InChI is InChI=1S/C14H22ClN3O/c1-4-18(5-2)8-6-7-16-14(19)12-9-11(3)17-13(15)10-12/h9-10H,4-8H2,1-3H3,(H,16,19). The lowest BCUT2D eigenvalue weighted by Gasteiger charge is -2.17. The molecule has 106 valence electrons. The van der Waals surface area contributed by atoms with Crippen molar-refractivity contribution in [2.45, 2.75) is 27.2 Å². The van der Waals surface area contributed by atoms with Gasteiger partial charge in [0, 0.05) is 17.8 Å². The second kappa shape index (κ2) is 8.12. The molecule has 1 heterocycles. The average Bonchev–Trinajstić information content (AvgIpc) is 2.37. The van der Waals surface area contributed by atoms with Crippen molar-refractivity contribution in [1.82, 2.24) is 15.2 Å². The van der Waals surface area contributed by atoms with Gasteiger partial charge in [0.25, 0.3) is 5.91 Å². The minimum Gasteiger partial charge on any atom is -0.352 e. The number of nitrogens with zero attached hydrogens (tertiary/aromatic N) is 2. The summed E-state index contributed by atoms with van der Waals surface area (Å²) >= 11 is 5.84. The molecule has 0 bridgehead atoms. The number of carbonyl (C=O) groups is 1. The van der Waals surface area contributed by atoms with Gasteiger partial charge in [-0.05, 0) is 45.1 Å². The number of amides is 1. The van der Waals surface area contributed by atoms with Crippen LogP contribution in [0.4, 0.5) is 0 Å². The Labute approximate surface area is 120 Å². The number of pyridine rings is 1. The zero-order chi connectivity index (χ0) is 14.3. The van der Waals surface area contributed by atoms with E-state index >= 15 is 0 Å². The van der Waals surface area contributed by atoms with Crippen LogP contribution in [0.2, 0.25) is 5.15 Å². The van der Waals surface area contributed by atoms with Crippen LogP contribution in [-0.4, -0.2) is 42.0 Å². The van der Waals surface area contributed by atoms with Gasteiger partial charge in [-0.1, -0.05) is 25.4 Å². The Balaban J connectivity index is 2.39. The molecule has 0 unspecified atom stereocenters. The summed E-state index contributed by atoms with van der Waals surface area (Å²) in [4.78, 5) is 18.3. The molecular formula is C14H22ClN3O. The third kappa shape index (κ3) is 5.57. The Hall–Kier alpha value is -1.13. The summed E-state index contributed by atoms with van der Waals surface area (Å²) in [6.45, 7) is 9.88. The van der Waals surface area contributed by atoms with E-state index in [0.717, 1.165) is 31.7 Å². The molecule has 0 saturated carbocycles. The van der Waals surface area contributed by atoms with E-state index < -0.39 is 0 Å². The second-order valence-corrected chi connectivity index (χ2v) is 4.84. The van der Waals surface area contributed by atoms with Crippen LogP contribution in [0, 0.1) is 6.92 Å². The van der Waals surface area contributed by atoms with Crippen molar-refractivity contribution in [3.05, 3.63) is 28.5 Å². The molecule has 1 aromatic heterocycles. The molecule has 0 aromatic carbocycles. The molecule has 1 aromatic rings. The molecule has 0 aliphatic carbocycles. The lowest BCUT2D eigenvalue weighted by molar-refractivity contribution is 0.0951. The van der Waals surface area contributed by atoms with Gasteiger partial charge in [0.15, 0.2) is 0 Å². The summed E-state index contributed by atoms with van der Waals surface area (Å²) in [5.74, 6) is -0.0908. The van der Waals surface area contributed by atoms with E-state index in [-0.39, 0.29) is 5.91 Å². The third-order valence-corrected chi connectivity index (χ3v) is 3.21. The van der Waals surface area contributed by atoms with Crippen molar-refractivity contribution in [3.63, 3.8) is 0 Å². The molecule has 1 N–H and O–H groups in total. The highest BCUT2D eigenvalue weighted by Crippen LogP contribution is 2.10. The highest BCUT2D eigenvalue weighted by Gasteiger charge is 2.07. The van der Waals surface area contributed by atoms with Gasteiger partial charge in [0.1, 0.15) is 5.15 Å². The first-order valence-corrected chi connectivity index (χ1v) is 7.09. The maximum Gasteiger partial charge on any atom is 0.251 e. The van der Waals surface area contributed by atoms with Crippen molar-refractivity contribution in [3.8, 4) is 0 Å². The van der Waals surface area contributed by atoms with E-state index in [1.165, 1.54) is 0 Å². The van der Waals surface area contributed by atoms with E-state index in [0.29, 0.717) is 17.3 Å². The second-order valence-electron chi connectivity index (χ2n) is 4.46. The minimum absolute atomic E-state index is 0.0908. The summed E-state index contributed by atoms with van der Waals surface area (Å²) < 4.78 is 0. The summed E-state index contributed by atoms with van der Waals surface area (Å²) in [6.07, 6.45) is 0.950. The van der Waals surface area contributed by atoms with Crippen LogP contribution in [-0.2, 0) is 0 Å². The first-order valence-electron chi connectivity index (χ1n) is 6.71. The summed E-state index contributed by atoms with van der Waals surface area (Å²) in [6, 6.07) is 3.33. The molecule has 19 heavy (non-hydrogen) atoms. The molecule has 0 radical (unpaired) electrons. The molecule has 0 saturated heterocycles. The summed E-state index contributed by atoms with van der Waals surface area (Å²) in [7, 11) is 0. The smallest absolute Gasteiger partial charge is 0.251 e. The third-order valence-electron chi connectivity index (χ3n) is 3.02. The molecule has 5 heteroatoms. The van der Waals surface area contributed by atoms with Gasteiger partial charge in [-0.25, -0.2) is 4.98 Å². The van der Waals surface area contributed by atoms with Gasteiger partial charge in [0.2, 0.25) is 0 Å². The number of rotatable bonds is 7. The molecule has 4 nitrogen and oxygen atoms in total. The summed E-state index contributed by atoms with van der Waals surface area (Å²) in [5.41, 5.74) is 1.32. The van der Waals surface area contributed by atoms with Crippen LogP contribution in [0.15, 0.2) is 12.1 Å². The Morgan fingerprint density at radius 2 is 2.05 bits per heavy atom. The first-order chi connectivity index (χ1) is 9.06. The van der Waals surface area contributed by atoms with Crippen molar-refractivity contribution in [1.29, 1.82) is 0 Å². The molecular weight excluding hydrogens is 262 g/mol. The van der Waals surface area contributed by atoms with E-state index in [9.17, 15) is 4.79 Å². The number of carbonyl (C=O) groups excluding carboxylic acids is 1. The SMILES string of the molecule is CCN(CC)CCCNC(=O)c1cc(C)nc(Cl)c1. The molecule has 1 amide bonds.